The number of alkyl halides is 3. The fourth-order valence-electron chi connectivity index (χ4n) is 2.11. The zero-order valence-electron chi connectivity index (χ0n) is 9.37. The fourth-order valence-corrected chi connectivity index (χ4v) is 2.11. The van der Waals surface area contributed by atoms with Crippen LogP contribution in [0, 0.1) is 0 Å². The maximum Gasteiger partial charge on any atom is 0.460 e. The minimum Gasteiger partial charge on any atom is -0.315 e. The van der Waals surface area contributed by atoms with Crippen molar-refractivity contribution in [3.63, 3.8) is 0 Å². The molecule has 2 rings (SSSR count). The molecular weight excluding hydrogens is 229 g/mol. The van der Waals surface area contributed by atoms with E-state index in [0.717, 1.165) is 0 Å². The lowest BCUT2D eigenvalue weighted by molar-refractivity contribution is -0.260. The minimum absolute atomic E-state index is 0.0727. The van der Waals surface area contributed by atoms with Gasteiger partial charge in [-0.15, -0.1) is 0 Å². The van der Waals surface area contributed by atoms with E-state index < -0.39 is 12.3 Å². The average Bonchev–Trinajstić information content (AvgIpc) is 2.79. The van der Waals surface area contributed by atoms with Gasteiger partial charge in [0.1, 0.15) is 0 Å². The SMILES string of the molecule is FC(F)(F)N(Cc1ccccc1)[C@H]1CCNC1. The molecule has 0 aromatic heterocycles. The third-order valence-electron chi connectivity index (χ3n) is 3.00. The molecule has 1 heterocycles. The molecule has 1 aromatic carbocycles. The third kappa shape index (κ3) is 3.20. The molecule has 0 amide bonds. The molecule has 1 saturated heterocycles. The molecule has 17 heavy (non-hydrogen) atoms. The Bertz CT molecular complexity index is 345. The second kappa shape index (κ2) is 5.06. The van der Waals surface area contributed by atoms with Crippen LogP contribution in [0.2, 0.25) is 0 Å². The van der Waals surface area contributed by atoms with E-state index in [2.05, 4.69) is 5.32 Å². The maximum absolute atomic E-state index is 13.0. The fraction of sp³-hybridized carbons (Fsp3) is 0.500. The van der Waals surface area contributed by atoms with Crippen molar-refractivity contribution in [3.8, 4) is 0 Å². The summed E-state index contributed by atoms with van der Waals surface area (Å²) in [6, 6.07) is 8.32. The van der Waals surface area contributed by atoms with Crippen LogP contribution in [0.3, 0.4) is 0 Å². The van der Waals surface area contributed by atoms with Gasteiger partial charge in [0.2, 0.25) is 0 Å². The molecular formula is C12H15F3N2. The van der Waals surface area contributed by atoms with Gasteiger partial charge in [-0.1, -0.05) is 30.3 Å². The number of rotatable bonds is 3. The summed E-state index contributed by atoms with van der Waals surface area (Å²) in [5, 5.41) is 2.97. The predicted molar refractivity (Wildman–Crippen MR) is 59.3 cm³/mol. The van der Waals surface area contributed by atoms with E-state index in [0.29, 0.717) is 30.0 Å². The largest absolute Gasteiger partial charge is 0.460 e. The van der Waals surface area contributed by atoms with Gasteiger partial charge < -0.3 is 5.32 Å². The molecule has 94 valence electrons. The third-order valence-corrected chi connectivity index (χ3v) is 3.00. The van der Waals surface area contributed by atoms with Crippen molar-refractivity contribution < 1.29 is 13.2 Å². The standard InChI is InChI=1S/C12H15F3N2/c13-12(14,15)17(11-6-7-16-8-11)9-10-4-2-1-3-5-10/h1-5,11,16H,6-9H2/t11-/m0/s1. The van der Waals surface area contributed by atoms with Crippen molar-refractivity contribution in [2.45, 2.75) is 25.3 Å². The second-order valence-corrected chi connectivity index (χ2v) is 4.23. The highest BCUT2D eigenvalue weighted by molar-refractivity contribution is 5.14. The highest BCUT2D eigenvalue weighted by atomic mass is 19.4. The van der Waals surface area contributed by atoms with Crippen LogP contribution in [-0.4, -0.2) is 30.3 Å². The molecule has 1 fully saturated rings. The van der Waals surface area contributed by atoms with E-state index in [1.54, 1.807) is 30.3 Å². The average molecular weight is 244 g/mol. The molecule has 1 aliphatic heterocycles. The van der Waals surface area contributed by atoms with Crippen LogP contribution in [0.25, 0.3) is 0 Å². The van der Waals surface area contributed by atoms with E-state index in [9.17, 15) is 13.2 Å². The van der Waals surface area contributed by atoms with E-state index in [-0.39, 0.29) is 6.54 Å². The van der Waals surface area contributed by atoms with Gasteiger partial charge in [0.05, 0.1) is 0 Å². The zero-order chi connectivity index (χ0) is 12.3. The van der Waals surface area contributed by atoms with Gasteiger partial charge in [0.25, 0.3) is 0 Å². The Morgan fingerprint density at radius 2 is 1.94 bits per heavy atom. The Labute approximate surface area is 98.4 Å². The summed E-state index contributed by atoms with van der Waals surface area (Å²) in [7, 11) is 0. The van der Waals surface area contributed by atoms with Crippen molar-refractivity contribution in [2.24, 2.45) is 0 Å². The molecule has 2 nitrogen and oxygen atoms in total. The lowest BCUT2D eigenvalue weighted by Crippen LogP contribution is -2.46. The first kappa shape index (κ1) is 12.4. The van der Waals surface area contributed by atoms with Crippen LogP contribution in [0.1, 0.15) is 12.0 Å². The normalized spacial score (nSPS) is 21.1. The summed E-state index contributed by atoms with van der Waals surface area (Å²) < 4.78 is 38.9. The van der Waals surface area contributed by atoms with Gasteiger partial charge in [-0.3, -0.25) is 0 Å². The number of halogens is 3. The predicted octanol–water partition coefficient (Wildman–Crippen LogP) is 2.37. The maximum atomic E-state index is 13.0. The van der Waals surface area contributed by atoms with Gasteiger partial charge >= 0.3 is 6.30 Å². The molecule has 1 atom stereocenters. The molecule has 1 aromatic rings. The minimum atomic E-state index is -4.27. The first-order valence-corrected chi connectivity index (χ1v) is 5.65. The molecule has 1 aliphatic rings. The Balaban J connectivity index is 2.11. The molecule has 0 aliphatic carbocycles. The Morgan fingerprint density at radius 1 is 1.24 bits per heavy atom. The second-order valence-electron chi connectivity index (χ2n) is 4.23. The molecule has 0 spiro atoms. The van der Waals surface area contributed by atoms with Crippen LogP contribution in [0.15, 0.2) is 30.3 Å². The van der Waals surface area contributed by atoms with Crippen LogP contribution < -0.4 is 5.32 Å². The van der Waals surface area contributed by atoms with Crippen molar-refractivity contribution >= 4 is 0 Å². The topological polar surface area (TPSA) is 15.3 Å². The first-order chi connectivity index (χ1) is 8.07. The lowest BCUT2D eigenvalue weighted by Gasteiger charge is -2.30. The van der Waals surface area contributed by atoms with Crippen LogP contribution in [0.4, 0.5) is 13.2 Å². The van der Waals surface area contributed by atoms with Gasteiger partial charge in [0, 0.05) is 19.1 Å². The summed E-state index contributed by atoms with van der Waals surface area (Å²) in [5.74, 6) is 0. The van der Waals surface area contributed by atoms with Gasteiger partial charge in [-0.25, -0.2) is 4.90 Å². The van der Waals surface area contributed by atoms with E-state index in [4.69, 9.17) is 0 Å². The number of hydrogen-bond acceptors (Lipinski definition) is 2. The molecule has 0 saturated carbocycles. The Morgan fingerprint density at radius 3 is 2.47 bits per heavy atom. The number of nitrogens with one attached hydrogen (secondary N) is 1. The van der Waals surface area contributed by atoms with Gasteiger partial charge in [-0.05, 0) is 18.5 Å². The van der Waals surface area contributed by atoms with E-state index >= 15 is 0 Å². The lowest BCUT2D eigenvalue weighted by atomic mass is 10.1. The number of benzene rings is 1. The van der Waals surface area contributed by atoms with E-state index in [1.807, 2.05) is 0 Å². The zero-order valence-corrected chi connectivity index (χ0v) is 9.37. The Kier molecular flexibility index (Phi) is 3.69. The molecule has 0 bridgehead atoms. The quantitative estimate of drug-likeness (QED) is 0.821. The molecule has 1 N–H and O–H groups in total. The van der Waals surface area contributed by atoms with Crippen molar-refractivity contribution in [3.05, 3.63) is 35.9 Å². The molecule has 0 radical (unpaired) electrons. The van der Waals surface area contributed by atoms with Gasteiger partial charge in [-0.2, -0.15) is 13.2 Å². The van der Waals surface area contributed by atoms with Crippen molar-refractivity contribution in [2.75, 3.05) is 13.1 Å². The highest BCUT2D eigenvalue weighted by Gasteiger charge is 2.42. The monoisotopic (exact) mass is 244 g/mol. The Hall–Kier alpha value is -1.07. The summed E-state index contributed by atoms with van der Waals surface area (Å²) in [6.07, 6.45) is -3.72. The smallest absolute Gasteiger partial charge is 0.315 e. The summed E-state index contributed by atoms with van der Waals surface area (Å²) in [4.78, 5) is 0.627. The molecule has 5 heteroatoms. The van der Waals surface area contributed by atoms with Crippen molar-refractivity contribution in [1.29, 1.82) is 0 Å². The van der Waals surface area contributed by atoms with Crippen LogP contribution in [-0.2, 0) is 6.54 Å². The van der Waals surface area contributed by atoms with Crippen LogP contribution in [0.5, 0.6) is 0 Å². The summed E-state index contributed by atoms with van der Waals surface area (Å²) in [5.41, 5.74) is 0.691. The van der Waals surface area contributed by atoms with Gasteiger partial charge in [0.15, 0.2) is 0 Å². The van der Waals surface area contributed by atoms with Crippen LogP contribution >= 0.6 is 0 Å². The number of hydrogen-bond donors (Lipinski definition) is 1. The highest BCUT2D eigenvalue weighted by Crippen LogP contribution is 2.28. The summed E-state index contributed by atoms with van der Waals surface area (Å²) in [6.45, 7) is 0.995. The first-order valence-electron chi connectivity index (χ1n) is 5.65. The molecule has 0 unspecified atom stereocenters. The number of nitrogens with zero attached hydrogens (tertiary/aromatic N) is 1. The van der Waals surface area contributed by atoms with E-state index in [1.165, 1.54) is 0 Å². The van der Waals surface area contributed by atoms with Crippen molar-refractivity contribution in [1.82, 2.24) is 10.2 Å². The summed E-state index contributed by atoms with van der Waals surface area (Å²) >= 11 is 0.